The van der Waals surface area contributed by atoms with Crippen LogP contribution in [-0.2, 0) is 0 Å². The number of anilines is 3. The van der Waals surface area contributed by atoms with Crippen LogP contribution in [0.4, 0.5) is 17.1 Å². The number of para-hydroxylation sites is 1. The molecule has 4 nitrogen and oxygen atoms in total. The van der Waals surface area contributed by atoms with Crippen molar-refractivity contribution in [2.45, 2.75) is 0 Å². The number of aromatic nitrogens is 1. The van der Waals surface area contributed by atoms with Gasteiger partial charge in [0.05, 0.1) is 17.4 Å². The largest absolute Gasteiger partial charge is 0.354 e. The van der Waals surface area contributed by atoms with Crippen LogP contribution in [0, 0.1) is 0 Å². The Balaban J connectivity index is 1.75. The molecule has 0 fully saturated rings. The van der Waals surface area contributed by atoms with Crippen molar-refractivity contribution in [3.05, 3.63) is 83.6 Å². The molecule has 1 amide bonds. The molecule has 3 rings (SSSR count). The Morgan fingerprint density at radius 1 is 0.870 bits per heavy atom. The molecule has 0 aliphatic heterocycles. The quantitative estimate of drug-likeness (QED) is 0.729. The van der Waals surface area contributed by atoms with Crippen LogP contribution in [0.3, 0.4) is 0 Å². The topological polar surface area (TPSA) is 54.0 Å². The average molecular weight is 324 g/mol. The van der Waals surface area contributed by atoms with E-state index in [2.05, 4.69) is 15.6 Å². The molecule has 1 heterocycles. The van der Waals surface area contributed by atoms with Gasteiger partial charge in [-0.2, -0.15) is 0 Å². The predicted molar refractivity (Wildman–Crippen MR) is 93.4 cm³/mol. The molecule has 0 spiro atoms. The van der Waals surface area contributed by atoms with Crippen molar-refractivity contribution in [3.8, 4) is 0 Å². The highest BCUT2D eigenvalue weighted by Crippen LogP contribution is 2.20. The standard InChI is InChI=1S/C18H14ClN3O/c19-14-5-4-8-16(10-14)21-17-9-13(11-20-12-17)18(23)22-15-6-2-1-3-7-15/h1-12,21H,(H,22,23). The van der Waals surface area contributed by atoms with E-state index in [0.29, 0.717) is 16.3 Å². The van der Waals surface area contributed by atoms with Crippen molar-refractivity contribution in [3.63, 3.8) is 0 Å². The number of hydrogen-bond acceptors (Lipinski definition) is 3. The summed E-state index contributed by atoms with van der Waals surface area (Å²) < 4.78 is 0. The molecule has 0 saturated carbocycles. The molecule has 0 bridgehead atoms. The summed E-state index contributed by atoms with van der Waals surface area (Å²) in [5.41, 5.74) is 2.76. The van der Waals surface area contributed by atoms with Crippen LogP contribution < -0.4 is 10.6 Å². The summed E-state index contributed by atoms with van der Waals surface area (Å²) in [6.07, 6.45) is 3.18. The lowest BCUT2D eigenvalue weighted by Crippen LogP contribution is -2.12. The zero-order valence-corrected chi connectivity index (χ0v) is 12.9. The fraction of sp³-hybridized carbons (Fsp3) is 0. The molecule has 0 radical (unpaired) electrons. The summed E-state index contributed by atoms with van der Waals surface area (Å²) in [4.78, 5) is 16.4. The van der Waals surface area contributed by atoms with Gasteiger partial charge in [0, 0.05) is 22.6 Å². The molecule has 0 aliphatic rings. The van der Waals surface area contributed by atoms with Crippen LogP contribution in [0.1, 0.15) is 10.4 Å². The Hall–Kier alpha value is -2.85. The lowest BCUT2D eigenvalue weighted by Gasteiger charge is -2.09. The highest BCUT2D eigenvalue weighted by molar-refractivity contribution is 6.30. The first-order chi connectivity index (χ1) is 11.2. The third kappa shape index (κ3) is 4.08. The van der Waals surface area contributed by atoms with E-state index >= 15 is 0 Å². The summed E-state index contributed by atoms with van der Waals surface area (Å²) in [5, 5.41) is 6.65. The molecule has 114 valence electrons. The molecule has 2 aromatic carbocycles. The Bertz CT molecular complexity index is 821. The summed E-state index contributed by atoms with van der Waals surface area (Å²) in [6.45, 7) is 0. The van der Waals surface area contributed by atoms with E-state index < -0.39 is 0 Å². The number of nitrogens with one attached hydrogen (secondary N) is 2. The molecule has 0 aliphatic carbocycles. The van der Waals surface area contributed by atoms with E-state index in [1.165, 1.54) is 6.20 Å². The molecule has 2 N–H and O–H groups in total. The third-order valence-electron chi connectivity index (χ3n) is 3.15. The number of hydrogen-bond donors (Lipinski definition) is 2. The van der Waals surface area contributed by atoms with Crippen LogP contribution in [0.2, 0.25) is 5.02 Å². The fourth-order valence-corrected chi connectivity index (χ4v) is 2.28. The first-order valence-corrected chi connectivity index (χ1v) is 7.42. The number of benzene rings is 2. The lowest BCUT2D eigenvalue weighted by atomic mass is 10.2. The van der Waals surface area contributed by atoms with Gasteiger partial charge in [-0.1, -0.05) is 35.9 Å². The van der Waals surface area contributed by atoms with Gasteiger partial charge in [0.15, 0.2) is 0 Å². The minimum absolute atomic E-state index is 0.210. The van der Waals surface area contributed by atoms with E-state index in [1.54, 1.807) is 24.4 Å². The Kier molecular flexibility index (Phi) is 4.54. The maximum Gasteiger partial charge on any atom is 0.257 e. The van der Waals surface area contributed by atoms with Gasteiger partial charge in [0.25, 0.3) is 5.91 Å². The fourth-order valence-electron chi connectivity index (χ4n) is 2.09. The van der Waals surface area contributed by atoms with Gasteiger partial charge in [-0.15, -0.1) is 0 Å². The highest BCUT2D eigenvalue weighted by atomic mass is 35.5. The summed E-state index contributed by atoms with van der Waals surface area (Å²) in [7, 11) is 0. The monoisotopic (exact) mass is 323 g/mol. The van der Waals surface area contributed by atoms with Gasteiger partial charge in [-0.3, -0.25) is 9.78 Å². The van der Waals surface area contributed by atoms with Crippen molar-refractivity contribution in [1.29, 1.82) is 0 Å². The maximum absolute atomic E-state index is 12.3. The number of halogens is 1. The van der Waals surface area contributed by atoms with Crippen molar-refractivity contribution in [2.24, 2.45) is 0 Å². The zero-order chi connectivity index (χ0) is 16.1. The van der Waals surface area contributed by atoms with Crippen LogP contribution in [0.5, 0.6) is 0 Å². The SMILES string of the molecule is O=C(Nc1ccccc1)c1cncc(Nc2cccc(Cl)c2)c1. The Morgan fingerprint density at radius 3 is 2.43 bits per heavy atom. The predicted octanol–water partition coefficient (Wildman–Crippen LogP) is 4.73. The number of carbonyl (C=O) groups is 1. The van der Waals surface area contributed by atoms with Crippen molar-refractivity contribution < 1.29 is 4.79 Å². The third-order valence-corrected chi connectivity index (χ3v) is 3.38. The summed E-state index contributed by atoms with van der Waals surface area (Å²) in [6, 6.07) is 18.4. The van der Waals surface area contributed by atoms with Gasteiger partial charge in [0.1, 0.15) is 0 Å². The second-order valence-electron chi connectivity index (χ2n) is 4.92. The second-order valence-corrected chi connectivity index (χ2v) is 5.35. The summed E-state index contributed by atoms with van der Waals surface area (Å²) in [5.74, 6) is -0.210. The van der Waals surface area contributed by atoms with E-state index in [-0.39, 0.29) is 5.91 Å². The molecule has 0 unspecified atom stereocenters. The minimum Gasteiger partial charge on any atom is -0.354 e. The molecule has 0 atom stereocenters. The van der Waals surface area contributed by atoms with Gasteiger partial charge in [-0.25, -0.2) is 0 Å². The van der Waals surface area contributed by atoms with Crippen molar-refractivity contribution in [1.82, 2.24) is 4.98 Å². The first kappa shape index (κ1) is 15.1. The number of carbonyl (C=O) groups excluding carboxylic acids is 1. The first-order valence-electron chi connectivity index (χ1n) is 7.05. The molecule has 5 heteroatoms. The number of pyridine rings is 1. The van der Waals surface area contributed by atoms with E-state index in [9.17, 15) is 4.79 Å². The van der Waals surface area contributed by atoms with E-state index in [4.69, 9.17) is 11.6 Å². The van der Waals surface area contributed by atoms with Crippen molar-refractivity contribution >= 4 is 34.6 Å². The van der Waals surface area contributed by atoms with Gasteiger partial charge in [-0.05, 0) is 36.4 Å². The molecule has 23 heavy (non-hydrogen) atoms. The average Bonchev–Trinajstić information content (AvgIpc) is 2.56. The maximum atomic E-state index is 12.3. The molecular formula is C18H14ClN3O. The van der Waals surface area contributed by atoms with Gasteiger partial charge in [0.2, 0.25) is 0 Å². The highest BCUT2D eigenvalue weighted by Gasteiger charge is 2.07. The normalized spacial score (nSPS) is 10.1. The van der Waals surface area contributed by atoms with Crippen LogP contribution in [0.25, 0.3) is 0 Å². The molecule has 3 aromatic rings. The molecule has 1 aromatic heterocycles. The minimum atomic E-state index is -0.210. The van der Waals surface area contributed by atoms with Crippen LogP contribution in [-0.4, -0.2) is 10.9 Å². The zero-order valence-electron chi connectivity index (χ0n) is 12.2. The number of nitrogens with zero attached hydrogens (tertiary/aromatic N) is 1. The number of rotatable bonds is 4. The number of amides is 1. The smallest absolute Gasteiger partial charge is 0.257 e. The van der Waals surface area contributed by atoms with Crippen molar-refractivity contribution in [2.75, 3.05) is 10.6 Å². The van der Waals surface area contributed by atoms with E-state index in [0.717, 1.165) is 11.4 Å². The van der Waals surface area contributed by atoms with Crippen LogP contribution >= 0.6 is 11.6 Å². The Morgan fingerprint density at radius 2 is 1.65 bits per heavy atom. The molecule has 0 saturated heterocycles. The van der Waals surface area contributed by atoms with Crippen LogP contribution in [0.15, 0.2) is 73.1 Å². The summed E-state index contributed by atoms with van der Waals surface area (Å²) >= 11 is 5.96. The molecular weight excluding hydrogens is 310 g/mol. The lowest BCUT2D eigenvalue weighted by molar-refractivity contribution is 0.102. The second kappa shape index (κ2) is 6.94. The Labute approximate surface area is 139 Å². The van der Waals surface area contributed by atoms with E-state index in [1.807, 2.05) is 42.5 Å². The van der Waals surface area contributed by atoms with Gasteiger partial charge < -0.3 is 10.6 Å². The van der Waals surface area contributed by atoms with Gasteiger partial charge >= 0.3 is 0 Å².